The standard InChI is InChI=1S/C12H22O2/c1-11(2)9-4-6-12(11,3)10(14)8(9)5-7-13/h8-10,13-14H,4-7H2,1-3H3/t8-,9-,10+,12-/m0/s1. The minimum Gasteiger partial charge on any atom is -0.396 e. The Morgan fingerprint density at radius 3 is 2.36 bits per heavy atom. The van der Waals surface area contributed by atoms with E-state index in [0.29, 0.717) is 11.8 Å². The Morgan fingerprint density at radius 1 is 1.29 bits per heavy atom. The molecule has 2 nitrogen and oxygen atoms in total. The maximum Gasteiger partial charge on any atom is 0.0630 e. The van der Waals surface area contributed by atoms with Crippen LogP contribution in [0.15, 0.2) is 0 Å². The summed E-state index contributed by atoms with van der Waals surface area (Å²) >= 11 is 0. The maximum atomic E-state index is 10.3. The van der Waals surface area contributed by atoms with Gasteiger partial charge in [-0.15, -0.1) is 0 Å². The van der Waals surface area contributed by atoms with Crippen LogP contribution in [-0.4, -0.2) is 22.9 Å². The first kappa shape index (κ1) is 10.4. The van der Waals surface area contributed by atoms with Gasteiger partial charge in [-0.05, 0) is 41.9 Å². The van der Waals surface area contributed by atoms with Crippen LogP contribution in [0, 0.1) is 22.7 Å². The van der Waals surface area contributed by atoms with E-state index in [1.54, 1.807) is 0 Å². The van der Waals surface area contributed by atoms with Crippen molar-refractivity contribution in [3.05, 3.63) is 0 Å². The lowest BCUT2D eigenvalue weighted by molar-refractivity contribution is -0.0154. The number of hydrogen-bond acceptors (Lipinski definition) is 2. The molecule has 2 aliphatic carbocycles. The van der Waals surface area contributed by atoms with E-state index in [-0.39, 0.29) is 23.5 Å². The molecule has 0 aromatic heterocycles. The molecule has 2 bridgehead atoms. The summed E-state index contributed by atoms with van der Waals surface area (Å²) in [6.07, 6.45) is 2.94. The first-order valence-electron chi connectivity index (χ1n) is 5.74. The summed E-state index contributed by atoms with van der Waals surface area (Å²) in [5.74, 6) is 0.934. The molecule has 0 amide bonds. The zero-order valence-electron chi connectivity index (χ0n) is 9.45. The summed E-state index contributed by atoms with van der Waals surface area (Å²) in [5, 5.41) is 19.3. The van der Waals surface area contributed by atoms with E-state index in [9.17, 15) is 5.11 Å². The van der Waals surface area contributed by atoms with Gasteiger partial charge >= 0.3 is 0 Å². The zero-order chi connectivity index (χ0) is 10.6. The van der Waals surface area contributed by atoms with Crippen LogP contribution >= 0.6 is 0 Å². The Balaban J connectivity index is 2.29. The van der Waals surface area contributed by atoms with Gasteiger partial charge in [-0.1, -0.05) is 20.8 Å². The van der Waals surface area contributed by atoms with Crippen LogP contribution in [-0.2, 0) is 0 Å². The van der Waals surface area contributed by atoms with Gasteiger partial charge in [0.2, 0.25) is 0 Å². The molecule has 0 heterocycles. The van der Waals surface area contributed by atoms with E-state index < -0.39 is 0 Å². The maximum absolute atomic E-state index is 10.3. The SMILES string of the molecule is CC1(C)[C@H]2CC[C@@]1(C)[C@H](O)[C@H]2CCO. The third kappa shape index (κ3) is 0.989. The molecule has 0 aliphatic heterocycles. The van der Waals surface area contributed by atoms with E-state index >= 15 is 0 Å². The van der Waals surface area contributed by atoms with Gasteiger partial charge < -0.3 is 10.2 Å². The van der Waals surface area contributed by atoms with Gasteiger partial charge in [-0.25, -0.2) is 0 Å². The molecule has 0 radical (unpaired) electrons. The van der Waals surface area contributed by atoms with Crippen LogP contribution in [0.1, 0.15) is 40.0 Å². The Morgan fingerprint density at radius 2 is 1.93 bits per heavy atom. The average molecular weight is 198 g/mol. The molecule has 2 N–H and O–H groups in total. The lowest BCUT2D eigenvalue weighted by atomic mass is 9.70. The number of aliphatic hydroxyl groups excluding tert-OH is 2. The van der Waals surface area contributed by atoms with Crippen molar-refractivity contribution in [1.29, 1.82) is 0 Å². The molecule has 4 atom stereocenters. The van der Waals surface area contributed by atoms with Crippen molar-refractivity contribution in [2.45, 2.75) is 46.1 Å². The third-order valence-corrected chi connectivity index (χ3v) is 5.41. The van der Waals surface area contributed by atoms with Crippen molar-refractivity contribution in [3.63, 3.8) is 0 Å². The van der Waals surface area contributed by atoms with Gasteiger partial charge in [0, 0.05) is 6.61 Å². The quantitative estimate of drug-likeness (QED) is 0.710. The fourth-order valence-electron chi connectivity index (χ4n) is 4.04. The zero-order valence-corrected chi connectivity index (χ0v) is 9.45. The van der Waals surface area contributed by atoms with Gasteiger partial charge in [0.1, 0.15) is 0 Å². The van der Waals surface area contributed by atoms with Crippen molar-refractivity contribution in [2.75, 3.05) is 6.61 Å². The molecule has 14 heavy (non-hydrogen) atoms. The van der Waals surface area contributed by atoms with Crippen molar-refractivity contribution in [1.82, 2.24) is 0 Å². The fraction of sp³-hybridized carbons (Fsp3) is 1.00. The smallest absolute Gasteiger partial charge is 0.0630 e. The Hall–Kier alpha value is -0.0800. The lowest BCUT2D eigenvalue weighted by Gasteiger charge is -2.37. The second-order valence-corrected chi connectivity index (χ2v) is 5.91. The summed E-state index contributed by atoms with van der Waals surface area (Å²) in [4.78, 5) is 0. The van der Waals surface area contributed by atoms with E-state index in [1.165, 1.54) is 6.42 Å². The number of fused-ring (bicyclic) bond motifs is 2. The van der Waals surface area contributed by atoms with E-state index in [0.717, 1.165) is 12.8 Å². The van der Waals surface area contributed by atoms with Crippen molar-refractivity contribution in [3.8, 4) is 0 Å². The van der Waals surface area contributed by atoms with Gasteiger partial charge in [-0.2, -0.15) is 0 Å². The highest BCUT2D eigenvalue weighted by Crippen LogP contribution is 2.68. The van der Waals surface area contributed by atoms with Crippen molar-refractivity contribution >= 4 is 0 Å². The molecule has 2 aliphatic rings. The largest absolute Gasteiger partial charge is 0.396 e. The third-order valence-electron chi connectivity index (χ3n) is 5.41. The molecule has 0 unspecified atom stereocenters. The predicted molar refractivity (Wildman–Crippen MR) is 55.8 cm³/mol. The topological polar surface area (TPSA) is 40.5 Å². The van der Waals surface area contributed by atoms with Crippen LogP contribution in [0.25, 0.3) is 0 Å². The summed E-state index contributed by atoms with van der Waals surface area (Å²) in [5.41, 5.74) is 0.323. The molecule has 82 valence electrons. The van der Waals surface area contributed by atoms with Gasteiger partial charge in [0.25, 0.3) is 0 Å². The van der Waals surface area contributed by atoms with E-state index in [2.05, 4.69) is 20.8 Å². The van der Waals surface area contributed by atoms with Crippen LogP contribution in [0.2, 0.25) is 0 Å². The first-order chi connectivity index (χ1) is 6.45. The van der Waals surface area contributed by atoms with Gasteiger partial charge in [0.05, 0.1) is 6.10 Å². The first-order valence-corrected chi connectivity index (χ1v) is 5.74. The number of rotatable bonds is 2. The van der Waals surface area contributed by atoms with E-state index in [4.69, 9.17) is 5.11 Å². The summed E-state index contributed by atoms with van der Waals surface area (Å²) in [6, 6.07) is 0. The highest BCUT2D eigenvalue weighted by molar-refractivity contribution is 5.14. The molecule has 2 fully saturated rings. The molecular formula is C12H22O2. The normalized spacial score (nSPS) is 49.9. The number of hydrogen-bond donors (Lipinski definition) is 2. The second-order valence-electron chi connectivity index (χ2n) is 5.91. The molecule has 2 rings (SSSR count). The molecule has 0 aromatic rings. The predicted octanol–water partition coefficient (Wildman–Crippen LogP) is 1.80. The summed E-state index contributed by atoms with van der Waals surface area (Å²) in [6.45, 7) is 7.00. The van der Waals surface area contributed by atoms with Crippen LogP contribution in [0.5, 0.6) is 0 Å². The molecule has 0 spiro atoms. The lowest BCUT2D eigenvalue weighted by Crippen LogP contribution is -2.37. The average Bonchev–Trinajstić information content (AvgIpc) is 2.41. The van der Waals surface area contributed by atoms with Crippen LogP contribution < -0.4 is 0 Å². The van der Waals surface area contributed by atoms with Crippen LogP contribution in [0.3, 0.4) is 0 Å². The Kier molecular flexibility index (Phi) is 2.20. The molecule has 0 saturated heterocycles. The van der Waals surface area contributed by atoms with Gasteiger partial charge in [-0.3, -0.25) is 0 Å². The number of aliphatic hydroxyl groups is 2. The van der Waals surface area contributed by atoms with Crippen molar-refractivity contribution < 1.29 is 10.2 Å². The summed E-state index contributed by atoms with van der Waals surface area (Å²) < 4.78 is 0. The Bertz CT molecular complexity index is 236. The minimum atomic E-state index is -0.205. The monoisotopic (exact) mass is 198 g/mol. The minimum absolute atomic E-state index is 0.0809. The highest BCUT2D eigenvalue weighted by atomic mass is 16.3. The molecule has 2 saturated carbocycles. The van der Waals surface area contributed by atoms with E-state index in [1.807, 2.05) is 0 Å². The summed E-state index contributed by atoms with van der Waals surface area (Å²) in [7, 11) is 0. The Labute approximate surface area is 86.3 Å². The molecule has 0 aromatic carbocycles. The van der Waals surface area contributed by atoms with Crippen molar-refractivity contribution in [2.24, 2.45) is 22.7 Å². The molecular weight excluding hydrogens is 176 g/mol. The van der Waals surface area contributed by atoms with Gasteiger partial charge in [0.15, 0.2) is 0 Å². The second kappa shape index (κ2) is 2.96. The molecule has 2 heteroatoms. The van der Waals surface area contributed by atoms with Crippen LogP contribution in [0.4, 0.5) is 0 Å². The highest BCUT2D eigenvalue weighted by Gasteiger charge is 2.65. The fourth-order valence-corrected chi connectivity index (χ4v) is 4.04.